The quantitative estimate of drug-likeness (QED) is 0.748. The standard InChI is InChI=1S/C21H20N4O4/c26-17(24-12-11-22-19(24)28)14-25-18(27)21(23-20(25)29,16-9-5-2-6-10-16)13-15-7-3-1-4-8-15/h1-10H,11-14H2,(H,22,28)(H,23,29). The molecule has 0 aliphatic carbocycles. The van der Waals surface area contributed by atoms with Gasteiger partial charge in [0, 0.05) is 19.5 Å². The van der Waals surface area contributed by atoms with Gasteiger partial charge in [0.05, 0.1) is 0 Å². The molecule has 0 bridgehead atoms. The van der Waals surface area contributed by atoms with Gasteiger partial charge < -0.3 is 10.6 Å². The van der Waals surface area contributed by atoms with Crippen LogP contribution in [-0.4, -0.2) is 53.3 Å². The second-order valence-electron chi connectivity index (χ2n) is 7.03. The van der Waals surface area contributed by atoms with E-state index in [1.807, 2.05) is 36.4 Å². The zero-order valence-electron chi connectivity index (χ0n) is 15.6. The van der Waals surface area contributed by atoms with Crippen LogP contribution in [0.15, 0.2) is 60.7 Å². The number of hydrogen-bond acceptors (Lipinski definition) is 4. The van der Waals surface area contributed by atoms with Crippen LogP contribution in [0.2, 0.25) is 0 Å². The maximum Gasteiger partial charge on any atom is 0.325 e. The van der Waals surface area contributed by atoms with Crippen LogP contribution >= 0.6 is 0 Å². The van der Waals surface area contributed by atoms with Gasteiger partial charge in [0.25, 0.3) is 11.8 Å². The normalized spacial score (nSPS) is 21.3. The number of hydrogen-bond donors (Lipinski definition) is 2. The van der Waals surface area contributed by atoms with Crippen LogP contribution in [0.3, 0.4) is 0 Å². The summed E-state index contributed by atoms with van der Waals surface area (Å²) in [5, 5.41) is 5.34. The average Bonchev–Trinajstić information content (AvgIpc) is 3.26. The number of amides is 6. The Balaban J connectivity index is 1.65. The molecule has 2 aliphatic rings. The third kappa shape index (κ3) is 3.33. The Kier molecular flexibility index (Phi) is 4.75. The molecule has 8 heteroatoms. The number of nitrogens with zero attached hydrogens (tertiary/aromatic N) is 2. The van der Waals surface area contributed by atoms with Crippen LogP contribution in [0, 0.1) is 0 Å². The van der Waals surface area contributed by atoms with Crippen LogP contribution < -0.4 is 10.6 Å². The first kappa shape index (κ1) is 18.7. The van der Waals surface area contributed by atoms with Gasteiger partial charge in [-0.05, 0) is 11.1 Å². The molecule has 148 valence electrons. The van der Waals surface area contributed by atoms with Gasteiger partial charge in [-0.15, -0.1) is 0 Å². The lowest BCUT2D eigenvalue weighted by molar-refractivity contribution is -0.137. The summed E-state index contributed by atoms with van der Waals surface area (Å²) in [7, 11) is 0. The molecule has 0 radical (unpaired) electrons. The van der Waals surface area contributed by atoms with E-state index in [1.54, 1.807) is 24.3 Å². The Labute approximate surface area is 167 Å². The Bertz CT molecular complexity index is 963. The monoisotopic (exact) mass is 392 g/mol. The minimum absolute atomic E-state index is 0.217. The Morgan fingerprint density at radius 1 is 0.931 bits per heavy atom. The highest BCUT2D eigenvalue weighted by Crippen LogP contribution is 2.33. The highest BCUT2D eigenvalue weighted by Gasteiger charge is 2.53. The smallest absolute Gasteiger partial charge is 0.325 e. The van der Waals surface area contributed by atoms with Crippen LogP contribution in [0.25, 0.3) is 0 Å². The molecule has 2 saturated heterocycles. The maximum absolute atomic E-state index is 13.4. The van der Waals surface area contributed by atoms with E-state index >= 15 is 0 Å². The summed E-state index contributed by atoms with van der Waals surface area (Å²) in [4.78, 5) is 52.3. The van der Waals surface area contributed by atoms with Crippen LogP contribution in [-0.2, 0) is 21.5 Å². The van der Waals surface area contributed by atoms with E-state index in [-0.39, 0.29) is 13.0 Å². The Morgan fingerprint density at radius 2 is 1.59 bits per heavy atom. The first-order valence-electron chi connectivity index (χ1n) is 9.33. The molecule has 2 aromatic carbocycles. The molecule has 4 rings (SSSR count). The number of imide groups is 2. The van der Waals surface area contributed by atoms with Crippen molar-refractivity contribution in [2.24, 2.45) is 0 Å². The molecule has 0 spiro atoms. The molecule has 1 unspecified atom stereocenters. The summed E-state index contributed by atoms with van der Waals surface area (Å²) in [5.41, 5.74) is 0.195. The maximum atomic E-state index is 13.4. The number of carbonyl (C=O) groups excluding carboxylic acids is 4. The van der Waals surface area contributed by atoms with Gasteiger partial charge in [0.1, 0.15) is 6.54 Å². The van der Waals surface area contributed by atoms with Crippen molar-refractivity contribution in [3.05, 3.63) is 71.8 Å². The van der Waals surface area contributed by atoms with E-state index in [1.165, 1.54) is 0 Å². The third-order valence-electron chi connectivity index (χ3n) is 5.21. The van der Waals surface area contributed by atoms with E-state index in [9.17, 15) is 19.2 Å². The van der Waals surface area contributed by atoms with Crippen molar-refractivity contribution in [1.82, 2.24) is 20.4 Å². The van der Waals surface area contributed by atoms with Crippen molar-refractivity contribution in [1.29, 1.82) is 0 Å². The third-order valence-corrected chi connectivity index (χ3v) is 5.21. The fourth-order valence-electron chi connectivity index (χ4n) is 3.74. The van der Waals surface area contributed by atoms with E-state index in [0.29, 0.717) is 12.1 Å². The van der Waals surface area contributed by atoms with Crippen LogP contribution in [0.1, 0.15) is 11.1 Å². The molecule has 2 fully saturated rings. The van der Waals surface area contributed by atoms with Gasteiger partial charge in [-0.1, -0.05) is 60.7 Å². The number of urea groups is 2. The van der Waals surface area contributed by atoms with Crippen LogP contribution in [0.4, 0.5) is 9.59 Å². The van der Waals surface area contributed by atoms with Crippen molar-refractivity contribution >= 4 is 23.9 Å². The van der Waals surface area contributed by atoms with Crippen molar-refractivity contribution < 1.29 is 19.2 Å². The van der Waals surface area contributed by atoms with E-state index in [2.05, 4.69) is 10.6 Å². The van der Waals surface area contributed by atoms with Gasteiger partial charge in [-0.2, -0.15) is 0 Å². The average molecular weight is 392 g/mol. The lowest BCUT2D eigenvalue weighted by atomic mass is 9.83. The lowest BCUT2D eigenvalue weighted by Crippen LogP contribution is -2.47. The van der Waals surface area contributed by atoms with Crippen molar-refractivity contribution in [3.63, 3.8) is 0 Å². The molecule has 1 atom stereocenters. The molecular weight excluding hydrogens is 372 g/mol. The SMILES string of the molecule is O=C(CN1C(=O)NC(Cc2ccccc2)(c2ccccc2)C1=O)N1CCNC1=O. The molecule has 2 aromatic rings. The number of rotatable bonds is 5. The molecule has 0 saturated carbocycles. The molecule has 2 N–H and O–H groups in total. The van der Waals surface area contributed by atoms with Gasteiger partial charge in [0.2, 0.25) is 0 Å². The van der Waals surface area contributed by atoms with Crippen molar-refractivity contribution in [2.75, 3.05) is 19.6 Å². The number of nitrogens with one attached hydrogen (secondary N) is 2. The lowest BCUT2D eigenvalue weighted by Gasteiger charge is -2.27. The van der Waals surface area contributed by atoms with E-state index in [0.717, 1.165) is 15.4 Å². The first-order chi connectivity index (χ1) is 14.0. The van der Waals surface area contributed by atoms with E-state index < -0.39 is 36.0 Å². The van der Waals surface area contributed by atoms with Crippen molar-refractivity contribution in [3.8, 4) is 0 Å². The predicted molar refractivity (Wildman–Crippen MR) is 104 cm³/mol. The topological polar surface area (TPSA) is 98.8 Å². The molecule has 2 heterocycles. The second-order valence-corrected chi connectivity index (χ2v) is 7.03. The van der Waals surface area contributed by atoms with Gasteiger partial charge >= 0.3 is 12.1 Å². The summed E-state index contributed by atoms with van der Waals surface area (Å²) in [6, 6.07) is 17.2. The Hall–Kier alpha value is -3.68. The van der Waals surface area contributed by atoms with Gasteiger partial charge in [0.15, 0.2) is 5.54 Å². The Morgan fingerprint density at radius 3 is 2.21 bits per heavy atom. The predicted octanol–water partition coefficient (Wildman–Crippen LogP) is 1.23. The number of benzene rings is 2. The number of carbonyl (C=O) groups is 4. The summed E-state index contributed by atoms with van der Waals surface area (Å²) >= 11 is 0. The zero-order chi connectivity index (χ0) is 20.4. The van der Waals surface area contributed by atoms with Gasteiger partial charge in [-0.3, -0.25) is 19.4 Å². The summed E-state index contributed by atoms with van der Waals surface area (Å²) in [5.74, 6) is -1.10. The van der Waals surface area contributed by atoms with Crippen molar-refractivity contribution in [2.45, 2.75) is 12.0 Å². The second kappa shape index (κ2) is 7.38. The highest BCUT2D eigenvalue weighted by molar-refractivity contribution is 6.10. The first-order valence-corrected chi connectivity index (χ1v) is 9.33. The minimum atomic E-state index is -1.31. The molecule has 2 aliphatic heterocycles. The fourth-order valence-corrected chi connectivity index (χ4v) is 3.74. The van der Waals surface area contributed by atoms with Crippen LogP contribution in [0.5, 0.6) is 0 Å². The molecule has 8 nitrogen and oxygen atoms in total. The summed E-state index contributed by atoms with van der Waals surface area (Å²) < 4.78 is 0. The van der Waals surface area contributed by atoms with E-state index in [4.69, 9.17) is 0 Å². The highest BCUT2D eigenvalue weighted by atomic mass is 16.2. The minimum Gasteiger partial charge on any atom is -0.336 e. The zero-order valence-corrected chi connectivity index (χ0v) is 15.6. The molecular formula is C21H20N4O4. The fraction of sp³-hybridized carbons (Fsp3) is 0.238. The summed E-state index contributed by atoms with van der Waals surface area (Å²) in [6.07, 6.45) is 0.247. The summed E-state index contributed by atoms with van der Waals surface area (Å²) in [6.45, 7) is 0.0866. The van der Waals surface area contributed by atoms with Gasteiger partial charge in [-0.25, -0.2) is 9.59 Å². The largest absolute Gasteiger partial charge is 0.336 e. The molecule has 6 amide bonds. The molecule has 0 aromatic heterocycles. The molecule has 29 heavy (non-hydrogen) atoms.